The molecule has 4 N–H and O–H groups in total. The van der Waals surface area contributed by atoms with E-state index in [9.17, 15) is 14.7 Å². The first kappa shape index (κ1) is 24.5. The van der Waals surface area contributed by atoms with Crippen LogP contribution in [0.3, 0.4) is 0 Å². The fourth-order valence-electron chi connectivity index (χ4n) is 2.28. The maximum absolute atomic E-state index is 12.4. The highest BCUT2D eigenvalue weighted by Gasteiger charge is 2.18. The number of ether oxygens (including phenoxy) is 2. The van der Waals surface area contributed by atoms with Crippen molar-refractivity contribution in [1.29, 1.82) is 0 Å². The summed E-state index contributed by atoms with van der Waals surface area (Å²) >= 11 is 1.11. The van der Waals surface area contributed by atoms with Crippen molar-refractivity contribution in [2.45, 2.75) is 19.9 Å². The Morgan fingerprint density at radius 2 is 1.79 bits per heavy atom. The number of methoxy groups -OCH3 is 2. The lowest BCUT2D eigenvalue weighted by Gasteiger charge is -2.11. The first-order chi connectivity index (χ1) is 13.3. The third-order valence-corrected chi connectivity index (χ3v) is 4.42. The van der Waals surface area contributed by atoms with Crippen LogP contribution in [0.1, 0.15) is 34.7 Å². The molecule has 29 heavy (non-hydrogen) atoms. The van der Waals surface area contributed by atoms with Crippen LogP contribution in [0.5, 0.6) is 17.2 Å². The summed E-state index contributed by atoms with van der Waals surface area (Å²) in [5, 5.41) is 20.4. The maximum Gasteiger partial charge on any atom is 0.270 e. The predicted molar refractivity (Wildman–Crippen MR) is 114 cm³/mol. The summed E-state index contributed by atoms with van der Waals surface area (Å²) in [5.74, 6) is -0.559. The van der Waals surface area contributed by atoms with Gasteiger partial charge in [0.15, 0.2) is 16.6 Å². The summed E-state index contributed by atoms with van der Waals surface area (Å²) in [5.41, 5.74) is 0.208. The van der Waals surface area contributed by atoms with Crippen LogP contribution in [-0.2, 0) is 0 Å². The molecule has 0 saturated carbocycles. The zero-order chi connectivity index (χ0) is 20.7. The van der Waals surface area contributed by atoms with Gasteiger partial charge in [0.25, 0.3) is 11.8 Å². The molecule has 9 nitrogen and oxygen atoms in total. The van der Waals surface area contributed by atoms with Crippen LogP contribution in [0.15, 0.2) is 17.5 Å². The van der Waals surface area contributed by atoms with Crippen molar-refractivity contribution in [2.24, 2.45) is 0 Å². The van der Waals surface area contributed by atoms with Crippen LogP contribution in [0.25, 0.3) is 0 Å². The van der Waals surface area contributed by atoms with Gasteiger partial charge in [0, 0.05) is 36.6 Å². The Morgan fingerprint density at radius 1 is 1.14 bits per heavy atom. The number of carbonyl (C=O) groups excluding carboxylic acids is 2. The lowest BCUT2D eigenvalue weighted by atomic mass is 10.1. The molecule has 0 aliphatic rings. The van der Waals surface area contributed by atoms with Gasteiger partial charge in [-0.1, -0.05) is 13.8 Å². The Bertz CT molecular complexity index is 844. The van der Waals surface area contributed by atoms with Gasteiger partial charge in [0.1, 0.15) is 11.4 Å². The zero-order valence-corrected chi connectivity index (χ0v) is 18.2. The summed E-state index contributed by atoms with van der Waals surface area (Å²) in [6, 6.07) is 3.00. The molecule has 0 spiro atoms. The SMILES string of the molecule is COc1cc(O)c(C(=O)Nc2nc(C(=O)NCCNC(C)C)cs2)cc1OC.Cl. The van der Waals surface area contributed by atoms with Gasteiger partial charge in [0.2, 0.25) is 0 Å². The lowest BCUT2D eigenvalue weighted by molar-refractivity contribution is 0.0947. The average molecular weight is 445 g/mol. The number of nitrogens with zero attached hydrogens (tertiary/aromatic N) is 1. The van der Waals surface area contributed by atoms with Gasteiger partial charge in [-0.2, -0.15) is 0 Å². The van der Waals surface area contributed by atoms with E-state index in [4.69, 9.17) is 9.47 Å². The minimum Gasteiger partial charge on any atom is -0.507 e. The number of hydrogen-bond donors (Lipinski definition) is 4. The summed E-state index contributed by atoms with van der Waals surface area (Å²) in [4.78, 5) is 28.6. The van der Waals surface area contributed by atoms with E-state index in [-0.39, 0.29) is 40.5 Å². The number of phenols is 1. The second-order valence-corrected chi connectivity index (χ2v) is 6.94. The minimum atomic E-state index is -0.583. The fraction of sp³-hybridized carbons (Fsp3) is 0.389. The van der Waals surface area contributed by atoms with E-state index in [2.05, 4.69) is 20.9 Å². The number of hydrogen-bond acceptors (Lipinski definition) is 8. The van der Waals surface area contributed by atoms with Crippen LogP contribution in [0.2, 0.25) is 0 Å². The van der Waals surface area contributed by atoms with Crippen molar-refractivity contribution in [3.05, 3.63) is 28.8 Å². The molecule has 1 heterocycles. The van der Waals surface area contributed by atoms with Crippen molar-refractivity contribution < 1.29 is 24.2 Å². The van der Waals surface area contributed by atoms with Crippen molar-refractivity contribution in [3.8, 4) is 17.2 Å². The quantitative estimate of drug-likeness (QED) is 0.437. The molecule has 2 aromatic rings. The number of carbonyl (C=O) groups is 2. The molecule has 0 fully saturated rings. The maximum atomic E-state index is 12.4. The summed E-state index contributed by atoms with van der Waals surface area (Å²) < 4.78 is 10.2. The number of anilines is 1. The van der Waals surface area contributed by atoms with E-state index in [0.717, 1.165) is 11.3 Å². The van der Waals surface area contributed by atoms with Crippen LogP contribution >= 0.6 is 23.7 Å². The van der Waals surface area contributed by atoms with Crippen molar-refractivity contribution >= 4 is 40.7 Å². The molecule has 0 saturated heterocycles. The molecule has 1 aromatic heterocycles. The molecular weight excluding hydrogens is 420 g/mol. The average Bonchev–Trinajstić information content (AvgIpc) is 3.13. The molecule has 0 aliphatic carbocycles. The topological polar surface area (TPSA) is 122 Å². The molecule has 0 atom stereocenters. The highest BCUT2D eigenvalue weighted by Crippen LogP contribution is 2.34. The van der Waals surface area contributed by atoms with E-state index < -0.39 is 5.91 Å². The summed E-state index contributed by atoms with van der Waals surface area (Å²) in [6.07, 6.45) is 0. The van der Waals surface area contributed by atoms with E-state index in [1.807, 2.05) is 13.8 Å². The van der Waals surface area contributed by atoms with Gasteiger partial charge < -0.3 is 25.2 Å². The van der Waals surface area contributed by atoms with Crippen molar-refractivity contribution in [3.63, 3.8) is 0 Å². The molecule has 2 rings (SSSR count). The second-order valence-electron chi connectivity index (χ2n) is 6.08. The van der Waals surface area contributed by atoms with Crippen molar-refractivity contribution in [2.75, 3.05) is 32.6 Å². The summed E-state index contributed by atoms with van der Waals surface area (Å²) in [6.45, 7) is 5.16. The Hall–Kier alpha value is -2.56. The number of halogens is 1. The number of benzene rings is 1. The number of thiazole rings is 1. The molecule has 2 amide bonds. The third-order valence-electron chi connectivity index (χ3n) is 3.67. The lowest BCUT2D eigenvalue weighted by Crippen LogP contribution is -2.34. The second kappa shape index (κ2) is 11.4. The number of aromatic nitrogens is 1. The van der Waals surface area contributed by atoms with Crippen LogP contribution in [0, 0.1) is 0 Å². The predicted octanol–water partition coefficient (Wildman–Crippen LogP) is 2.27. The standard InChI is InChI=1S/C18H24N4O5S.ClH/c1-10(2)19-5-6-20-17(25)12-9-28-18(21-12)22-16(24)11-7-14(26-3)15(27-4)8-13(11)23;/h7-10,19,23H,5-6H2,1-4H3,(H,20,25)(H,21,22,24);1H. The Morgan fingerprint density at radius 3 is 2.41 bits per heavy atom. The zero-order valence-electron chi connectivity index (χ0n) is 16.6. The number of nitrogens with one attached hydrogen (secondary N) is 3. The Balaban J connectivity index is 0.00000420. The van der Waals surface area contributed by atoms with Crippen LogP contribution < -0.4 is 25.4 Å². The molecule has 160 valence electrons. The van der Waals surface area contributed by atoms with E-state index in [0.29, 0.717) is 30.6 Å². The Kier molecular flexibility index (Phi) is 9.66. The molecule has 0 unspecified atom stereocenters. The van der Waals surface area contributed by atoms with E-state index in [1.54, 1.807) is 5.38 Å². The monoisotopic (exact) mass is 444 g/mol. The third kappa shape index (κ3) is 6.77. The number of phenolic OH excluding ortho intramolecular Hbond substituents is 1. The van der Waals surface area contributed by atoms with Crippen LogP contribution in [-0.4, -0.2) is 55.3 Å². The molecule has 0 aliphatic heterocycles. The largest absolute Gasteiger partial charge is 0.507 e. The highest BCUT2D eigenvalue weighted by molar-refractivity contribution is 7.14. The van der Waals surface area contributed by atoms with Crippen molar-refractivity contribution in [1.82, 2.24) is 15.6 Å². The van der Waals surface area contributed by atoms with Gasteiger partial charge >= 0.3 is 0 Å². The van der Waals surface area contributed by atoms with E-state index >= 15 is 0 Å². The molecule has 0 radical (unpaired) electrons. The molecule has 0 bridgehead atoms. The number of rotatable bonds is 9. The normalized spacial score (nSPS) is 10.2. The van der Waals surface area contributed by atoms with Gasteiger partial charge in [0.05, 0.1) is 19.8 Å². The first-order valence-corrected chi connectivity index (χ1v) is 9.47. The van der Waals surface area contributed by atoms with E-state index in [1.165, 1.54) is 26.4 Å². The van der Waals surface area contributed by atoms with Crippen LogP contribution in [0.4, 0.5) is 5.13 Å². The van der Waals surface area contributed by atoms with Gasteiger partial charge in [-0.25, -0.2) is 4.98 Å². The molecule has 11 heteroatoms. The Labute approximate surface area is 179 Å². The number of aromatic hydroxyl groups is 1. The van der Waals surface area contributed by atoms with Gasteiger partial charge in [-0.05, 0) is 0 Å². The highest BCUT2D eigenvalue weighted by atomic mass is 35.5. The molecule has 1 aromatic carbocycles. The first-order valence-electron chi connectivity index (χ1n) is 8.59. The summed E-state index contributed by atoms with van der Waals surface area (Å²) in [7, 11) is 2.86. The fourth-order valence-corrected chi connectivity index (χ4v) is 2.96. The van der Waals surface area contributed by atoms with Gasteiger partial charge in [-0.15, -0.1) is 23.7 Å². The molecular formula is C18H25ClN4O5S. The minimum absolute atomic E-state index is 0. The number of amides is 2. The van der Waals surface area contributed by atoms with Gasteiger partial charge in [-0.3, -0.25) is 14.9 Å². The smallest absolute Gasteiger partial charge is 0.270 e.